The van der Waals surface area contributed by atoms with Gasteiger partial charge in [-0.3, -0.25) is 0 Å². The molecule has 4 atom stereocenters. The second kappa shape index (κ2) is 9.36. The molecule has 0 spiro atoms. The number of allylic oxidation sites excluding steroid dienone is 1. The first-order valence-corrected chi connectivity index (χ1v) is 17.9. The summed E-state index contributed by atoms with van der Waals surface area (Å²) in [6.45, 7) is 11.9. The van der Waals surface area contributed by atoms with Crippen LogP contribution in [-0.4, -0.2) is 31.0 Å². The summed E-state index contributed by atoms with van der Waals surface area (Å²) in [6, 6.07) is 11.2. The molecule has 2 heterocycles. The summed E-state index contributed by atoms with van der Waals surface area (Å²) in [6.07, 6.45) is 9.64. The molecule has 198 valence electrons. The highest BCUT2D eigenvalue weighted by molar-refractivity contribution is 7.92. The van der Waals surface area contributed by atoms with Crippen molar-refractivity contribution >= 4 is 34.9 Å². The Bertz CT molecular complexity index is 1440. The molecule has 0 saturated heterocycles. The molecule has 2 aliphatic rings. The summed E-state index contributed by atoms with van der Waals surface area (Å²) >= 11 is 0. The van der Waals surface area contributed by atoms with Crippen molar-refractivity contribution in [3.05, 3.63) is 65.5 Å². The molecule has 1 fully saturated rings. The number of fused-ring (bicyclic) bond motifs is 2. The molecule has 5 rings (SSSR count). The number of nitrogens with one attached hydrogen (secondary N) is 1. The topological polar surface area (TPSA) is 103 Å². The zero-order chi connectivity index (χ0) is 26.6. The maximum absolute atomic E-state index is 11.8. The maximum Gasteiger partial charge on any atom is 0.230 e. The third-order valence-electron chi connectivity index (χ3n) is 9.31. The van der Waals surface area contributed by atoms with Gasteiger partial charge in [0.15, 0.2) is 0 Å². The Labute approximate surface area is 221 Å². The summed E-state index contributed by atoms with van der Waals surface area (Å²) in [4.78, 5) is 9.32. The number of anilines is 1. The van der Waals surface area contributed by atoms with Crippen LogP contribution in [0.25, 0.3) is 11.0 Å². The Kier molecular flexibility index (Phi) is 6.61. The van der Waals surface area contributed by atoms with E-state index in [9.17, 15) is 8.42 Å². The van der Waals surface area contributed by atoms with Crippen molar-refractivity contribution in [2.24, 2.45) is 11.1 Å². The molecule has 0 bridgehead atoms. The Balaban J connectivity index is 1.46. The molecule has 2 aromatic heterocycles. The van der Waals surface area contributed by atoms with Crippen molar-refractivity contribution in [2.45, 2.75) is 82.2 Å². The van der Waals surface area contributed by atoms with E-state index in [-0.39, 0.29) is 23.0 Å². The predicted octanol–water partition coefficient (Wildman–Crippen LogP) is 6.16. The molecule has 2 aliphatic carbocycles. The van der Waals surface area contributed by atoms with Gasteiger partial charge in [0.05, 0.1) is 19.5 Å². The molecule has 1 aromatic carbocycles. The number of benzene rings is 1. The number of hydrogen-bond donors (Lipinski definition) is 2. The predicted molar refractivity (Wildman–Crippen MR) is 154 cm³/mol. The summed E-state index contributed by atoms with van der Waals surface area (Å²) < 4.78 is 25.8. The molecule has 7 nitrogen and oxygen atoms in total. The molecule has 0 radical (unpaired) electrons. The van der Waals surface area contributed by atoms with Crippen molar-refractivity contribution in [2.75, 3.05) is 5.32 Å². The van der Waals surface area contributed by atoms with Crippen LogP contribution in [0.1, 0.15) is 63.2 Å². The Hall–Kier alpha value is -2.49. The van der Waals surface area contributed by atoms with Crippen LogP contribution in [0.3, 0.4) is 0 Å². The average Bonchev–Trinajstić information content (AvgIpc) is 3.54. The van der Waals surface area contributed by atoms with Gasteiger partial charge in [0.25, 0.3) is 0 Å². The van der Waals surface area contributed by atoms with Gasteiger partial charge in [-0.05, 0) is 59.4 Å². The lowest BCUT2D eigenvalue weighted by Gasteiger charge is -2.44. The monoisotopic (exact) mass is 537 g/mol. The Morgan fingerprint density at radius 3 is 2.62 bits per heavy atom. The average molecular weight is 538 g/mol. The lowest BCUT2D eigenvalue weighted by Crippen LogP contribution is -2.43. The second-order valence-electron chi connectivity index (χ2n) is 12.4. The minimum Gasteiger partial charge on any atom is -0.363 e. The number of nitrogens with two attached hydrogens (primary N) is 1. The SMILES string of the molecule is CC(C)(C)[Si](C)(C)[C@H]1C[C@H](n2ccc3c(N[C@H]4CCc5ccccc54)ncnc32)C[C@H]1/C=C/S(N)(=O)=O. The fraction of sp³-hybridized carbons (Fsp3) is 0.500. The van der Waals surface area contributed by atoms with E-state index in [1.54, 1.807) is 6.33 Å². The fourth-order valence-corrected chi connectivity index (χ4v) is 10.0. The number of rotatable bonds is 6. The Morgan fingerprint density at radius 2 is 1.89 bits per heavy atom. The highest BCUT2D eigenvalue weighted by atomic mass is 32.2. The van der Waals surface area contributed by atoms with Gasteiger partial charge in [0.2, 0.25) is 10.0 Å². The molecule has 3 aromatic rings. The zero-order valence-electron chi connectivity index (χ0n) is 22.5. The lowest BCUT2D eigenvalue weighted by atomic mass is 10.1. The fourth-order valence-electron chi connectivity index (χ4n) is 6.33. The first-order chi connectivity index (χ1) is 17.3. The summed E-state index contributed by atoms with van der Waals surface area (Å²) in [5, 5.41) is 11.5. The van der Waals surface area contributed by atoms with Crippen LogP contribution in [0.15, 0.2) is 54.3 Å². The smallest absolute Gasteiger partial charge is 0.230 e. The minimum atomic E-state index is -3.66. The third kappa shape index (κ3) is 5.01. The van der Waals surface area contributed by atoms with Gasteiger partial charge in [0, 0.05) is 17.6 Å². The van der Waals surface area contributed by atoms with Gasteiger partial charge in [-0.15, -0.1) is 0 Å². The first-order valence-electron chi connectivity index (χ1n) is 13.2. The molecule has 1 saturated carbocycles. The van der Waals surface area contributed by atoms with Crippen LogP contribution in [0, 0.1) is 5.92 Å². The number of hydrogen-bond acceptors (Lipinski definition) is 5. The van der Waals surface area contributed by atoms with Crippen LogP contribution in [0.4, 0.5) is 5.82 Å². The molecule has 0 amide bonds. The molecule has 3 N–H and O–H groups in total. The van der Waals surface area contributed by atoms with Crippen molar-refractivity contribution in [1.82, 2.24) is 14.5 Å². The van der Waals surface area contributed by atoms with Crippen LogP contribution < -0.4 is 10.5 Å². The van der Waals surface area contributed by atoms with E-state index >= 15 is 0 Å². The minimum absolute atomic E-state index is 0.163. The van der Waals surface area contributed by atoms with Gasteiger partial charge in [-0.25, -0.2) is 23.5 Å². The van der Waals surface area contributed by atoms with Crippen molar-refractivity contribution in [1.29, 1.82) is 0 Å². The molecular weight excluding hydrogens is 498 g/mol. The van der Waals surface area contributed by atoms with Crippen LogP contribution >= 0.6 is 0 Å². The highest BCUT2D eigenvalue weighted by Gasteiger charge is 2.49. The molecule has 0 aliphatic heterocycles. The highest BCUT2D eigenvalue weighted by Crippen LogP contribution is 2.56. The van der Waals surface area contributed by atoms with Gasteiger partial charge in [-0.1, -0.05) is 64.2 Å². The van der Waals surface area contributed by atoms with Crippen molar-refractivity contribution < 1.29 is 8.42 Å². The van der Waals surface area contributed by atoms with Gasteiger partial charge >= 0.3 is 0 Å². The number of aryl methyl sites for hydroxylation is 1. The summed E-state index contributed by atoms with van der Waals surface area (Å²) in [7, 11) is -5.43. The first kappa shape index (κ1) is 26.1. The quantitative estimate of drug-likeness (QED) is 0.366. The number of primary sulfonamides is 1. The van der Waals surface area contributed by atoms with Gasteiger partial charge in [0.1, 0.15) is 17.8 Å². The number of aromatic nitrogens is 3. The van der Waals surface area contributed by atoms with Crippen molar-refractivity contribution in [3.63, 3.8) is 0 Å². The van der Waals surface area contributed by atoms with E-state index in [1.165, 1.54) is 16.5 Å². The summed E-state index contributed by atoms with van der Waals surface area (Å²) in [5.74, 6) is 1.03. The third-order valence-corrected chi connectivity index (χ3v) is 16.2. The molecule has 0 unspecified atom stereocenters. The van der Waals surface area contributed by atoms with Crippen molar-refractivity contribution in [3.8, 4) is 0 Å². The van der Waals surface area contributed by atoms with E-state index < -0.39 is 18.1 Å². The largest absolute Gasteiger partial charge is 0.363 e. The van der Waals surface area contributed by atoms with Gasteiger partial charge in [-0.2, -0.15) is 0 Å². The lowest BCUT2D eigenvalue weighted by molar-refractivity contribution is 0.518. The number of nitrogens with zero attached hydrogens (tertiary/aromatic N) is 3. The molecule has 37 heavy (non-hydrogen) atoms. The van der Waals surface area contributed by atoms with E-state index in [2.05, 4.69) is 85.3 Å². The van der Waals surface area contributed by atoms with Crippen LogP contribution in [-0.2, 0) is 16.4 Å². The maximum atomic E-state index is 11.8. The Morgan fingerprint density at radius 1 is 1.14 bits per heavy atom. The van der Waals surface area contributed by atoms with E-state index in [4.69, 9.17) is 10.1 Å². The van der Waals surface area contributed by atoms with Gasteiger partial charge < -0.3 is 9.88 Å². The number of sulfonamides is 1. The zero-order valence-corrected chi connectivity index (χ0v) is 24.3. The van der Waals surface area contributed by atoms with E-state index in [0.717, 1.165) is 42.5 Å². The van der Waals surface area contributed by atoms with E-state index in [0.29, 0.717) is 5.54 Å². The normalized spacial score (nSPS) is 24.7. The molecular formula is C28H39N5O2SSi. The standard InChI is InChI=1S/C28H39N5O2SSi/c1-28(2,3)37(4,5)25-17-21(16-20(25)13-15-36(29,34)35)33-14-12-23-26(30-18-31-27(23)33)32-24-11-10-19-8-6-7-9-22(19)24/h6-9,12-15,18,20-21,24-25H,10-11,16-17H2,1-5H3,(H2,29,34,35)(H,30,31,32)/b15-13+/t20-,21-,24+,25+/m1/s1. The second-order valence-corrected chi connectivity index (χ2v) is 19.5. The summed E-state index contributed by atoms with van der Waals surface area (Å²) in [5.41, 5.74) is 4.12. The van der Waals surface area contributed by atoms with E-state index in [1.807, 2.05) is 6.08 Å². The van der Waals surface area contributed by atoms with Crippen LogP contribution in [0.2, 0.25) is 23.7 Å². The molecule has 9 heteroatoms. The van der Waals surface area contributed by atoms with Crippen LogP contribution in [0.5, 0.6) is 0 Å².